The molecule has 0 aliphatic carbocycles. The van der Waals surface area contributed by atoms with Crippen molar-refractivity contribution in [2.24, 2.45) is 5.92 Å². The molecular formula is C30H32FNO7. The lowest BCUT2D eigenvalue weighted by Gasteiger charge is -2.26. The predicted octanol–water partition coefficient (Wildman–Crippen LogP) is 5.30. The fourth-order valence-corrected chi connectivity index (χ4v) is 4.07. The SMILES string of the molecule is COc1ccnc(C(=O)C[C@@H](C)C(=O)O[C@@H](C)[C@H](Cc2ccc(F)cc2)c2ccccc2)c1OCOC(C)=O. The van der Waals surface area contributed by atoms with Crippen molar-refractivity contribution < 1.29 is 37.7 Å². The number of Topliss-reactive ketones (excluding diaryl/α,β-unsaturated/α-hetero) is 1. The number of carbonyl (C=O) groups excluding carboxylic acids is 3. The van der Waals surface area contributed by atoms with E-state index in [1.807, 2.05) is 30.3 Å². The average molecular weight is 538 g/mol. The second-order valence-corrected chi connectivity index (χ2v) is 9.11. The van der Waals surface area contributed by atoms with Crippen LogP contribution >= 0.6 is 0 Å². The van der Waals surface area contributed by atoms with Gasteiger partial charge in [0.25, 0.3) is 0 Å². The van der Waals surface area contributed by atoms with E-state index < -0.39 is 36.5 Å². The molecular weight excluding hydrogens is 505 g/mol. The first-order chi connectivity index (χ1) is 18.7. The second kappa shape index (κ2) is 14.0. The molecule has 206 valence electrons. The van der Waals surface area contributed by atoms with Gasteiger partial charge >= 0.3 is 11.9 Å². The van der Waals surface area contributed by atoms with Crippen LogP contribution < -0.4 is 9.47 Å². The number of rotatable bonds is 13. The number of hydrogen-bond donors (Lipinski definition) is 0. The Labute approximate surface area is 227 Å². The van der Waals surface area contributed by atoms with E-state index in [1.54, 1.807) is 26.0 Å². The van der Waals surface area contributed by atoms with Crippen LogP contribution in [0, 0.1) is 11.7 Å². The van der Waals surface area contributed by atoms with Crippen molar-refractivity contribution in [2.45, 2.75) is 45.6 Å². The molecule has 0 aliphatic heterocycles. The molecule has 0 radical (unpaired) electrons. The predicted molar refractivity (Wildman–Crippen MR) is 141 cm³/mol. The lowest BCUT2D eigenvalue weighted by atomic mass is 9.88. The number of halogens is 1. The lowest BCUT2D eigenvalue weighted by Crippen LogP contribution is -2.28. The number of methoxy groups -OCH3 is 1. The molecule has 0 saturated carbocycles. The number of benzene rings is 2. The quantitative estimate of drug-likeness (QED) is 0.165. The monoisotopic (exact) mass is 537 g/mol. The summed E-state index contributed by atoms with van der Waals surface area (Å²) in [6.45, 7) is 4.20. The van der Waals surface area contributed by atoms with Gasteiger partial charge in [0.1, 0.15) is 11.9 Å². The minimum atomic E-state index is -0.781. The fraction of sp³-hybridized carbons (Fsp3) is 0.333. The third kappa shape index (κ3) is 8.36. The zero-order valence-corrected chi connectivity index (χ0v) is 22.4. The molecule has 9 heteroatoms. The van der Waals surface area contributed by atoms with Crippen molar-refractivity contribution in [2.75, 3.05) is 13.9 Å². The molecule has 2 aromatic carbocycles. The molecule has 39 heavy (non-hydrogen) atoms. The van der Waals surface area contributed by atoms with Crippen LogP contribution in [0.3, 0.4) is 0 Å². The molecule has 0 spiro atoms. The zero-order chi connectivity index (χ0) is 28.4. The van der Waals surface area contributed by atoms with Gasteiger partial charge in [0.2, 0.25) is 6.79 Å². The van der Waals surface area contributed by atoms with Gasteiger partial charge in [-0.2, -0.15) is 0 Å². The highest BCUT2D eigenvalue weighted by Crippen LogP contribution is 2.32. The average Bonchev–Trinajstić information content (AvgIpc) is 2.92. The van der Waals surface area contributed by atoms with Crippen LogP contribution in [-0.4, -0.2) is 42.7 Å². The Kier molecular flexibility index (Phi) is 10.5. The van der Waals surface area contributed by atoms with Crippen molar-refractivity contribution in [3.8, 4) is 11.5 Å². The Morgan fingerprint density at radius 3 is 2.31 bits per heavy atom. The van der Waals surface area contributed by atoms with Crippen LogP contribution in [0.2, 0.25) is 0 Å². The Balaban J connectivity index is 1.71. The summed E-state index contributed by atoms with van der Waals surface area (Å²) in [6.07, 6.45) is 1.20. The Morgan fingerprint density at radius 2 is 1.67 bits per heavy atom. The molecule has 0 saturated heterocycles. The van der Waals surface area contributed by atoms with Crippen LogP contribution in [0.5, 0.6) is 11.5 Å². The molecule has 0 bridgehead atoms. The van der Waals surface area contributed by atoms with E-state index in [0.717, 1.165) is 11.1 Å². The topological polar surface area (TPSA) is 101 Å². The van der Waals surface area contributed by atoms with E-state index in [4.69, 9.17) is 18.9 Å². The molecule has 1 heterocycles. The highest BCUT2D eigenvalue weighted by molar-refractivity contribution is 5.99. The van der Waals surface area contributed by atoms with E-state index in [2.05, 4.69) is 4.98 Å². The smallest absolute Gasteiger partial charge is 0.309 e. The number of esters is 2. The first-order valence-electron chi connectivity index (χ1n) is 12.5. The number of aromatic nitrogens is 1. The van der Waals surface area contributed by atoms with E-state index in [-0.39, 0.29) is 35.3 Å². The standard InChI is InChI=1S/C30H32FNO7/c1-19(16-26(34)28-29(38-18-37-21(3)33)27(36-4)14-15-32-28)30(35)39-20(2)25(23-8-6-5-7-9-23)17-22-10-12-24(31)13-11-22/h5-15,19-20,25H,16-18H2,1-4H3/t19-,20+,25+/m1/s1. The summed E-state index contributed by atoms with van der Waals surface area (Å²) in [5.41, 5.74) is 1.83. The summed E-state index contributed by atoms with van der Waals surface area (Å²) in [7, 11) is 1.40. The normalized spacial score (nSPS) is 13.1. The van der Waals surface area contributed by atoms with E-state index in [0.29, 0.717) is 6.42 Å². The molecule has 0 unspecified atom stereocenters. The van der Waals surface area contributed by atoms with Crippen molar-refractivity contribution in [3.05, 3.63) is 89.5 Å². The maximum Gasteiger partial charge on any atom is 0.309 e. The van der Waals surface area contributed by atoms with E-state index in [9.17, 15) is 18.8 Å². The molecule has 1 aromatic heterocycles. The van der Waals surface area contributed by atoms with Crippen molar-refractivity contribution in [1.29, 1.82) is 0 Å². The Hall–Kier alpha value is -4.27. The Bertz CT molecular complexity index is 1260. The van der Waals surface area contributed by atoms with Gasteiger partial charge in [-0.15, -0.1) is 0 Å². The maximum atomic E-state index is 13.4. The van der Waals surface area contributed by atoms with Crippen molar-refractivity contribution >= 4 is 17.7 Å². The second-order valence-electron chi connectivity index (χ2n) is 9.11. The fourth-order valence-electron chi connectivity index (χ4n) is 4.07. The number of carbonyl (C=O) groups is 3. The van der Waals surface area contributed by atoms with Crippen LogP contribution in [0.4, 0.5) is 4.39 Å². The first kappa shape index (κ1) is 29.3. The van der Waals surface area contributed by atoms with Gasteiger partial charge in [0.15, 0.2) is 23.0 Å². The molecule has 3 rings (SSSR count). The summed E-state index contributed by atoms with van der Waals surface area (Å²) in [5.74, 6) is -2.60. The third-order valence-electron chi connectivity index (χ3n) is 6.18. The molecule has 0 fully saturated rings. The molecule has 3 atom stereocenters. The first-order valence-corrected chi connectivity index (χ1v) is 12.5. The summed E-state index contributed by atoms with van der Waals surface area (Å²) < 4.78 is 34.8. The van der Waals surface area contributed by atoms with Crippen LogP contribution in [-0.2, 0) is 25.5 Å². The molecule has 8 nitrogen and oxygen atoms in total. The van der Waals surface area contributed by atoms with Gasteiger partial charge in [0, 0.05) is 31.5 Å². The van der Waals surface area contributed by atoms with Gasteiger partial charge in [-0.25, -0.2) is 9.37 Å². The minimum absolute atomic E-state index is 0.0172. The van der Waals surface area contributed by atoms with Gasteiger partial charge in [-0.05, 0) is 36.6 Å². The minimum Gasteiger partial charge on any atom is -0.493 e. The van der Waals surface area contributed by atoms with Crippen LogP contribution in [0.1, 0.15) is 54.7 Å². The zero-order valence-electron chi connectivity index (χ0n) is 22.4. The summed E-state index contributed by atoms with van der Waals surface area (Å²) in [4.78, 5) is 41.4. The number of pyridine rings is 1. The van der Waals surface area contributed by atoms with Crippen molar-refractivity contribution in [3.63, 3.8) is 0 Å². The lowest BCUT2D eigenvalue weighted by molar-refractivity contribution is -0.153. The molecule has 3 aromatic rings. The summed E-state index contributed by atoms with van der Waals surface area (Å²) in [5, 5.41) is 0. The number of nitrogens with zero attached hydrogens (tertiary/aromatic N) is 1. The highest BCUT2D eigenvalue weighted by atomic mass is 19.1. The van der Waals surface area contributed by atoms with Crippen molar-refractivity contribution in [1.82, 2.24) is 4.98 Å². The van der Waals surface area contributed by atoms with Gasteiger partial charge in [-0.3, -0.25) is 14.4 Å². The molecule has 0 amide bonds. The largest absolute Gasteiger partial charge is 0.493 e. The third-order valence-corrected chi connectivity index (χ3v) is 6.18. The number of ketones is 1. The maximum absolute atomic E-state index is 13.4. The van der Waals surface area contributed by atoms with Gasteiger partial charge in [-0.1, -0.05) is 49.4 Å². The van der Waals surface area contributed by atoms with Crippen LogP contribution in [0.25, 0.3) is 0 Å². The highest BCUT2D eigenvalue weighted by Gasteiger charge is 2.28. The van der Waals surface area contributed by atoms with Gasteiger partial charge in [0.05, 0.1) is 13.0 Å². The Morgan fingerprint density at radius 1 is 0.974 bits per heavy atom. The summed E-state index contributed by atoms with van der Waals surface area (Å²) >= 11 is 0. The molecule has 0 N–H and O–H groups in total. The number of ether oxygens (including phenoxy) is 4. The summed E-state index contributed by atoms with van der Waals surface area (Å²) in [6, 6.07) is 17.4. The van der Waals surface area contributed by atoms with E-state index in [1.165, 1.54) is 38.4 Å². The van der Waals surface area contributed by atoms with E-state index >= 15 is 0 Å². The number of hydrogen-bond acceptors (Lipinski definition) is 8. The van der Waals surface area contributed by atoms with Crippen LogP contribution in [0.15, 0.2) is 66.9 Å². The molecule has 0 aliphatic rings. The van der Waals surface area contributed by atoms with Gasteiger partial charge < -0.3 is 18.9 Å².